The lowest BCUT2D eigenvalue weighted by Gasteiger charge is -2.24. The molecule has 1 aliphatic rings. The molecular formula is C17H26N2O2S. The Morgan fingerprint density at radius 3 is 2.59 bits per heavy atom. The lowest BCUT2D eigenvalue weighted by Crippen LogP contribution is -2.45. The Balaban J connectivity index is 1.84. The number of aliphatic hydroxyl groups excluding tert-OH is 1. The van der Waals surface area contributed by atoms with Crippen molar-refractivity contribution >= 4 is 17.8 Å². The van der Waals surface area contributed by atoms with E-state index in [4.69, 9.17) is 0 Å². The van der Waals surface area contributed by atoms with E-state index >= 15 is 0 Å². The van der Waals surface area contributed by atoms with Gasteiger partial charge in [-0.1, -0.05) is 37.3 Å². The van der Waals surface area contributed by atoms with Crippen molar-refractivity contribution in [1.82, 2.24) is 10.6 Å². The predicted molar refractivity (Wildman–Crippen MR) is 92.1 cm³/mol. The molecule has 1 fully saturated rings. The second-order valence-corrected chi connectivity index (χ2v) is 6.97. The van der Waals surface area contributed by atoms with Gasteiger partial charge in [0.15, 0.2) is 0 Å². The van der Waals surface area contributed by atoms with Crippen LogP contribution in [0.1, 0.15) is 37.9 Å². The number of thioether (sulfide) groups is 1. The fraction of sp³-hybridized carbons (Fsp3) is 0.588. The number of carbonyl (C=O) groups is 1. The van der Waals surface area contributed by atoms with Crippen LogP contribution in [-0.4, -0.2) is 35.7 Å². The first-order chi connectivity index (χ1) is 10.6. The van der Waals surface area contributed by atoms with Gasteiger partial charge in [-0.3, -0.25) is 0 Å². The highest BCUT2D eigenvalue weighted by atomic mass is 32.2. The molecule has 2 amide bonds. The molecule has 0 saturated heterocycles. The summed E-state index contributed by atoms with van der Waals surface area (Å²) in [5.41, 5.74) is 0.732. The van der Waals surface area contributed by atoms with E-state index in [2.05, 4.69) is 17.6 Å². The van der Waals surface area contributed by atoms with E-state index < -0.39 is 6.10 Å². The molecule has 1 saturated carbocycles. The van der Waals surface area contributed by atoms with Gasteiger partial charge in [0, 0.05) is 23.8 Å². The van der Waals surface area contributed by atoms with Crippen LogP contribution in [0.2, 0.25) is 0 Å². The molecule has 1 aromatic rings. The zero-order chi connectivity index (χ0) is 16.0. The number of amides is 2. The highest BCUT2D eigenvalue weighted by Crippen LogP contribution is 2.54. The summed E-state index contributed by atoms with van der Waals surface area (Å²) in [5, 5.41) is 16.5. The fourth-order valence-corrected chi connectivity index (χ4v) is 3.37. The van der Waals surface area contributed by atoms with E-state index in [0.717, 1.165) is 30.6 Å². The number of rotatable bonds is 8. The Morgan fingerprint density at radius 2 is 2.05 bits per heavy atom. The molecule has 0 radical (unpaired) electrons. The Labute approximate surface area is 137 Å². The minimum Gasteiger partial charge on any atom is -0.388 e. The van der Waals surface area contributed by atoms with Crippen LogP contribution in [0, 0.1) is 5.41 Å². The van der Waals surface area contributed by atoms with Crippen LogP contribution < -0.4 is 10.6 Å². The number of hydrogen-bond donors (Lipinski definition) is 3. The van der Waals surface area contributed by atoms with E-state index in [9.17, 15) is 9.90 Å². The van der Waals surface area contributed by atoms with Crippen LogP contribution in [0.5, 0.6) is 0 Å². The van der Waals surface area contributed by atoms with Gasteiger partial charge in [0.1, 0.15) is 0 Å². The number of carbonyl (C=O) groups excluding carboxylic acids is 1. The first-order valence-electron chi connectivity index (χ1n) is 7.87. The standard InChI is InChI=1S/C17H26N2O2S/c1-3-14(11-22-2)19-16(21)18-12-17(9-10-17)15(20)13-7-5-4-6-8-13/h4-8,14-15,20H,3,9-12H2,1-2H3,(H2,18,19,21). The monoisotopic (exact) mass is 322 g/mol. The van der Waals surface area contributed by atoms with Gasteiger partial charge in [-0.05, 0) is 31.1 Å². The van der Waals surface area contributed by atoms with Crippen molar-refractivity contribution in [3.05, 3.63) is 35.9 Å². The normalized spacial score (nSPS) is 18.3. The Kier molecular flexibility index (Phi) is 6.15. The summed E-state index contributed by atoms with van der Waals surface area (Å²) >= 11 is 1.73. The van der Waals surface area contributed by atoms with E-state index in [-0.39, 0.29) is 17.5 Å². The minimum absolute atomic E-state index is 0.132. The van der Waals surface area contributed by atoms with Gasteiger partial charge in [0.25, 0.3) is 0 Å². The van der Waals surface area contributed by atoms with Crippen LogP contribution in [0.3, 0.4) is 0 Å². The summed E-state index contributed by atoms with van der Waals surface area (Å²) in [6.45, 7) is 2.59. The number of hydrogen-bond acceptors (Lipinski definition) is 3. The highest BCUT2D eigenvalue weighted by molar-refractivity contribution is 7.98. The van der Waals surface area contributed by atoms with Crippen LogP contribution in [0.15, 0.2) is 30.3 Å². The molecule has 0 heterocycles. The minimum atomic E-state index is -0.512. The Morgan fingerprint density at radius 1 is 1.36 bits per heavy atom. The number of benzene rings is 1. The maximum Gasteiger partial charge on any atom is 0.315 e. The van der Waals surface area contributed by atoms with Crippen LogP contribution >= 0.6 is 11.8 Å². The maximum atomic E-state index is 12.0. The first kappa shape index (κ1) is 17.2. The van der Waals surface area contributed by atoms with Crippen LogP contribution in [0.4, 0.5) is 4.79 Å². The van der Waals surface area contributed by atoms with E-state index in [1.54, 1.807) is 11.8 Å². The molecule has 22 heavy (non-hydrogen) atoms. The highest BCUT2D eigenvalue weighted by Gasteiger charge is 2.49. The van der Waals surface area contributed by atoms with Gasteiger partial charge in [-0.2, -0.15) is 11.8 Å². The Bertz CT molecular complexity index is 477. The summed E-state index contributed by atoms with van der Waals surface area (Å²) in [4.78, 5) is 12.0. The van der Waals surface area contributed by atoms with E-state index in [1.807, 2.05) is 36.6 Å². The summed E-state index contributed by atoms with van der Waals surface area (Å²) in [6.07, 6.45) is 4.35. The molecule has 0 aromatic heterocycles. The zero-order valence-electron chi connectivity index (χ0n) is 13.3. The number of aliphatic hydroxyl groups is 1. The van der Waals surface area contributed by atoms with Crippen molar-refractivity contribution in [3.8, 4) is 0 Å². The zero-order valence-corrected chi connectivity index (χ0v) is 14.2. The SMILES string of the molecule is CCC(CSC)NC(=O)NCC1(C(O)c2ccccc2)CC1. The van der Waals surface area contributed by atoms with Crippen molar-refractivity contribution in [3.63, 3.8) is 0 Å². The fourth-order valence-electron chi connectivity index (χ4n) is 2.65. The molecule has 2 rings (SSSR count). The molecule has 2 atom stereocenters. The summed E-state index contributed by atoms with van der Waals surface area (Å²) in [7, 11) is 0. The second kappa shape index (κ2) is 7.88. The first-order valence-corrected chi connectivity index (χ1v) is 9.27. The van der Waals surface area contributed by atoms with Crippen molar-refractivity contribution in [2.75, 3.05) is 18.6 Å². The van der Waals surface area contributed by atoms with Gasteiger partial charge < -0.3 is 15.7 Å². The van der Waals surface area contributed by atoms with Gasteiger partial charge in [-0.25, -0.2) is 4.79 Å². The van der Waals surface area contributed by atoms with Crippen molar-refractivity contribution in [2.45, 2.75) is 38.3 Å². The van der Waals surface area contributed by atoms with Gasteiger partial charge in [0.05, 0.1) is 6.10 Å². The molecule has 0 bridgehead atoms. The third-order valence-electron chi connectivity index (χ3n) is 4.38. The quantitative estimate of drug-likeness (QED) is 0.689. The van der Waals surface area contributed by atoms with Gasteiger partial charge in [-0.15, -0.1) is 0 Å². The summed E-state index contributed by atoms with van der Waals surface area (Å²) in [5.74, 6) is 0.918. The average molecular weight is 322 g/mol. The van der Waals surface area contributed by atoms with Crippen LogP contribution in [0.25, 0.3) is 0 Å². The second-order valence-electron chi connectivity index (χ2n) is 6.06. The van der Waals surface area contributed by atoms with E-state index in [0.29, 0.717) is 6.54 Å². The lowest BCUT2D eigenvalue weighted by molar-refractivity contribution is 0.0931. The van der Waals surface area contributed by atoms with Crippen molar-refractivity contribution in [1.29, 1.82) is 0 Å². The molecule has 3 N–H and O–H groups in total. The topological polar surface area (TPSA) is 61.4 Å². The molecule has 2 unspecified atom stereocenters. The molecule has 5 heteroatoms. The molecular weight excluding hydrogens is 296 g/mol. The Hall–Kier alpha value is -1.20. The summed E-state index contributed by atoms with van der Waals surface area (Å²) < 4.78 is 0. The molecule has 1 aliphatic carbocycles. The van der Waals surface area contributed by atoms with Gasteiger partial charge >= 0.3 is 6.03 Å². The smallest absolute Gasteiger partial charge is 0.315 e. The largest absolute Gasteiger partial charge is 0.388 e. The third-order valence-corrected chi connectivity index (χ3v) is 5.12. The number of nitrogens with one attached hydrogen (secondary N) is 2. The average Bonchev–Trinajstić information content (AvgIpc) is 3.34. The van der Waals surface area contributed by atoms with Crippen molar-refractivity contribution in [2.24, 2.45) is 5.41 Å². The molecule has 4 nitrogen and oxygen atoms in total. The summed E-state index contributed by atoms with van der Waals surface area (Å²) in [6, 6.07) is 9.76. The molecule has 122 valence electrons. The predicted octanol–water partition coefficient (Wildman–Crippen LogP) is 2.94. The van der Waals surface area contributed by atoms with Crippen molar-refractivity contribution < 1.29 is 9.90 Å². The maximum absolute atomic E-state index is 12.0. The molecule has 1 aromatic carbocycles. The lowest BCUT2D eigenvalue weighted by atomic mass is 9.93. The third kappa shape index (κ3) is 4.40. The molecule has 0 spiro atoms. The van der Waals surface area contributed by atoms with Crippen LogP contribution in [-0.2, 0) is 0 Å². The molecule has 0 aliphatic heterocycles. The number of urea groups is 1. The van der Waals surface area contributed by atoms with E-state index in [1.165, 1.54) is 0 Å². The van der Waals surface area contributed by atoms with Gasteiger partial charge in [0.2, 0.25) is 0 Å².